The highest BCUT2D eigenvalue weighted by Crippen LogP contribution is 2.43. The summed E-state index contributed by atoms with van der Waals surface area (Å²) in [5, 5.41) is 11.4. The van der Waals surface area contributed by atoms with Crippen LogP contribution >= 0.6 is 0 Å². The number of ketones is 1. The molecule has 6 aromatic rings. The Morgan fingerprint density at radius 3 is 2.00 bits per heavy atom. The summed E-state index contributed by atoms with van der Waals surface area (Å²) in [5.41, 5.74) is 5.59. The highest BCUT2D eigenvalue weighted by Gasteiger charge is 2.23. The van der Waals surface area contributed by atoms with Crippen molar-refractivity contribution in [2.75, 3.05) is 0 Å². The SMILES string of the molecule is Cc1c(C(=O)c2ccc(O)cc2)oc2cc3oc(-c4ccccc4)c(-c4ccccc4)c3cc12. The molecule has 0 saturated carbocycles. The smallest absolute Gasteiger partial charge is 0.228 e. The third-order valence-electron chi connectivity index (χ3n) is 6.18. The molecule has 4 nitrogen and oxygen atoms in total. The lowest BCUT2D eigenvalue weighted by atomic mass is 9.97. The molecule has 0 aliphatic heterocycles. The third kappa shape index (κ3) is 3.20. The van der Waals surface area contributed by atoms with E-state index in [-0.39, 0.29) is 17.3 Å². The van der Waals surface area contributed by atoms with E-state index in [1.165, 1.54) is 12.1 Å². The van der Waals surface area contributed by atoms with Crippen LogP contribution in [0.5, 0.6) is 5.75 Å². The second-order valence-electron chi connectivity index (χ2n) is 8.31. The molecule has 164 valence electrons. The molecule has 1 N–H and O–H groups in total. The monoisotopic (exact) mass is 444 g/mol. The number of hydrogen-bond donors (Lipinski definition) is 1. The van der Waals surface area contributed by atoms with Gasteiger partial charge in [-0.05, 0) is 42.8 Å². The Balaban J connectivity index is 1.58. The maximum Gasteiger partial charge on any atom is 0.228 e. The van der Waals surface area contributed by atoms with Crippen LogP contribution in [0.4, 0.5) is 0 Å². The molecule has 2 aromatic heterocycles. The van der Waals surface area contributed by atoms with Crippen LogP contribution in [0, 0.1) is 6.92 Å². The molecule has 0 aliphatic rings. The molecule has 34 heavy (non-hydrogen) atoms. The summed E-state index contributed by atoms with van der Waals surface area (Å²) in [6, 6.07) is 30.3. The van der Waals surface area contributed by atoms with Crippen molar-refractivity contribution in [1.82, 2.24) is 0 Å². The van der Waals surface area contributed by atoms with Crippen molar-refractivity contribution in [3.05, 3.63) is 114 Å². The van der Waals surface area contributed by atoms with Gasteiger partial charge in [0.05, 0.1) is 0 Å². The van der Waals surface area contributed by atoms with Crippen LogP contribution in [-0.2, 0) is 0 Å². The summed E-state index contributed by atoms with van der Waals surface area (Å²) in [6.07, 6.45) is 0. The summed E-state index contributed by atoms with van der Waals surface area (Å²) in [5.74, 6) is 0.977. The minimum atomic E-state index is -0.224. The zero-order valence-electron chi connectivity index (χ0n) is 18.4. The molecule has 2 heterocycles. The van der Waals surface area contributed by atoms with Crippen molar-refractivity contribution in [3.8, 4) is 28.2 Å². The first kappa shape index (κ1) is 20.1. The lowest BCUT2D eigenvalue weighted by molar-refractivity contribution is 0.101. The van der Waals surface area contributed by atoms with Crippen LogP contribution in [0.25, 0.3) is 44.4 Å². The Labute approximate surface area is 195 Å². The minimum absolute atomic E-state index is 0.112. The molecule has 4 aromatic carbocycles. The van der Waals surface area contributed by atoms with Crippen molar-refractivity contribution >= 4 is 27.7 Å². The second-order valence-corrected chi connectivity index (χ2v) is 8.31. The zero-order chi connectivity index (χ0) is 23.2. The molecule has 0 spiro atoms. The van der Waals surface area contributed by atoms with Crippen LogP contribution in [0.1, 0.15) is 21.7 Å². The van der Waals surface area contributed by atoms with E-state index in [1.807, 2.05) is 61.5 Å². The van der Waals surface area contributed by atoms with Crippen LogP contribution < -0.4 is 0 Å². The van der Waals surface area contributed by atoms with Gasteiger partial charge in [-0.1, -0.05) is 60.7 Å². The van der Waals surface area contributed by atoms with Crippen molar-refractivity contribution < 1.29 is 18.7 Å². The van der Waals surface area contributed by atoms with Gasteiger partial charge in [0.25, 0.3) is 0 Å². The largest absolute Gasteiger partial charge is 0.508 e. The first-order valence-corrected chi connectivity index (χ1v) is 11.0. The average molecular weight is 444 g/mol. The topological polar surface area (TPSA) is 63.6 Å². The van der Waals surface area contributed by atoms with Crippen LogP contribution in [0.15, 0.2) is 106 Å². The predicted molar refractivity (Wildman–Crippen MR) is 133 cm³/mol. The van der Waals surface area contributed by atoms with E-state index >= 15 is 0 Å². The highest BCUT2D eigenvalue weighted by molar-refractivity contribution is 6.13. The number of carbonyl (C=O) groups is 1. The van der Waals surface area contributed by atoms with Gasteiger partial charge in [0.2, 0.25) is 5.78 Å². The number of rotatable bonds is 4. The van der Waals surface area contributed by atoms with E-state index < -0.39 is 0 Å². The normalized spacial score (nSPS) is 11.3. The fraction of sp³-hybridized carbons (Fsp3) is 0.0333. The summed E-state index contributed by atoms with van der Waals surface area (Å²) in [6.45, 7) is 1.89. The molecule has 4 heteroatoms. The van der Waals surface area contributed by atoms with Gasteiger partial charge in [-0.15, -0.1) is 0 Å². The van der Waals surface area contributed by atoms with E-state index in [1.54, 1.807) is 12.1 Å². The maximum absolute atomic E-state index is 13.1. The molecule has 0 radical (unpaired) electrons. The summed E-state index contributed by atoms with van der Waals surface area (Å²) >= 11 is 0. The first-order valence-electron chi connectivity index (χ1n) is 11.0. The molecule has 0 atom stereocenters. The molecule has 0 bridgehead atoms. The Morgan fingerprint density at radius 1 is 0.706 bits per heavy atom. The number of hydrogen-bond acceptors (Lipinski definition) is 4. The minimum Gasteiger partial charge on any atom is -0.508 e. The molecule has 0 saturated heterocycles. The molecule has 0 unspecified atom stereocenters. The predicted octanol–water partition coefficient (Wildman–Crippen LogP) is 7.76. The summed E-state index contributed by atoms with van der Waals surface area (Å²) in [7, 11) is 0. The quantitative estimate of drug-likeness (QED) is 0.282. The Hall–Kier alpha value is -4.57. The molecular formula is C30H20O4. The van der Waals surface area contributed by atoms with Crippen molar-refractivity contribution in [3.63, 3.8) is 0 Å². The lowest BCUT2D eigenvalue weighted by Crippen LogP contribution is -2.00. The number of benzene rings is 4. The van der Waals surface area contributed by atoms with Crippen molar-refractivity contribution in [2.24, 2.45) is 0 Å². The van der Waals surface area contributed by atoms with E-state index in [0.29, 0.717) is 16.7 Å². The molecular weight excluding hydrogens is 424 g/mol. The van der Waals surface area contributed by atoms with Gasteiger partial charge in [0.1, 0.15) is 22.7 Å². The van der Waals surface area contributed by atoms with Gasteiger partial charge < -0.3 is 13.9 Å². The number of phenols is 1. The Morgan fingerprint density at radius 2 is 1.32 bits per heavy atom. The van der Waals surface area contributed by atoms with E-state index in [9.17, 15) is 9.90 Å². The first-order chi connectivity index (χ1) is 16.6. The van der Waals surface area contributed by atoms with Gasteiger partial charge in [0, 0.05) is 39.1 Å². The van der Waals surface area contributed by atoms with Crippen molar-refractivity contribution in [1.29, 1.82) is 0 Å². The van der Waals surface area contributed by atoms with Gasteiger partial charge in [-0.3, -0.25) is 4.79 Å². The standard InChI is InChI=1S/C30H20O4/c1-18-23-16-24-26(17-25(23)33-29(18)28(32)20-12-14-22(31)15-13-20)34-30(21-10-6-3-7-11-21)27(24)19-8-4-2-5-9-19/h2-17,31H,1H3. The second kappa shape index (κ2) is 7.78. The van der Waals surface area contributed by atoms with Crippen molar-refractivity contribution in [2.45, 2.75) is 6.92 Å². The molecule has 0 amide bonds. The van der Waals surface area contributed by atoms with E-state index in [4.69, 9.17) is 8.83 Å². The number of aromatic hydroxyl groups is 1. The van der Waals surface area contributed by atoms with Gasteiger partial charge in [-0.25, -0.2) is 0 Å². The fourth-order valence-electron chi connectivity index (χ4n) is 4.46. The van der Waals surface area contributed by atoms with Gasteiger partial charge in [-0.2, -0.15) is 0 Å². The molecule has 0 aliphatic carbocycles. The fourth-order valence-corrected chi connectivity index (χ4v) is 4.46. The molecule has 0 fully saturated rings. The zero-order valence-corrected chi connectivity index (χ0v) is 18.4. The van der Waals surface area contributed by atoms with Crippen LogP contribution in [0.3, 0.4) is 0 Å². The Bertz CT molecular complexity index is 1650. The number of phenolic OH excluding ortho intramolecular Hbond substituents is 1. The van der Waals surface area contributed by atoms with Crippen LogP contribution in [-0.4, -0.2) is 10.9 Å². The number of furan rings is 2. The molecule has 6 rings (SSSR count). The summed E-state index contributed by atoms with van der Waals surface area (Å²) in [4.78, 5) is 13.1. The third-order valence-corrected chi connectivity index (χ3v) is 6.18. The van der Waals surface area contributed by atoms with Crippen LogP contribution in [0.2, 0.25) is 0 Å². The number of fused-ring (bicyclic) bond motifs is 2. The van der Waals surface area contributed by atoms with Gasteiger partial charge >= 0.3 is 0 Å². The highest BCUT2D eigenvalue weighted by atomic mass is 16.4. The van der Waals surface area contributed by atoms with E-state index in [0.717, 1.165) is 38.8 Å². The maximum atomic E-state index is 13.1. The number of aryl methyl sites for hydroxylation is 1. The number of carbonyl (C=O) groups excluding carboxylic acids is 1. The lowest BCUT2D eigenvalue weighted by Gasteiger charge is -2.04. The van der Waals surface area contributed by atoms with Gasteiger partial charge in [0.15, 0.2) is 5.76 Å². The summed E-state index contributed by atoms with van der Waals surface area (Å²) < 4.78 is 12.4. The average Bonchev–Trinajstić information content (AvgIpc) is 3.41. The Kier molecular flexibility index (Phi) is 4.59. The van der Waals surface area contributed by atoms with E-state index in [2.05, 4.69) is 18.2 Å².